The number of hydrogen-bond donors (Lipinski definition) is 0. The van der Waals surface area contributed by atoms with Gasteiger partial charge in [-0.2, -0.15) is 0 Å². The monoisotopic (exact) mass is 359 g/mol. The average Bonchev–Trinajstić information content (AvgIpc) is 3.23. The number of hydrogen-bond acceptors (Lipinski definition) is 3. The quantitative estimate of drug-likeness (QED) is 0.757. The van der Waals surface area contributed by atoms with E-state index in [4.69, 9.17) is 16.3 Å². The lowest BCUT2D eigenvalue weighted by Gasteiger charge is -2.21. The van der Waals surface area contributed by atoms with Gasteiger partial charge in [-0.3, -0.25) is 9.59 Å². The first kappa shape index (κ1) is 15.3. The summed E-state index contributed by atoms with van der Waals surface area (Å²) < 4.78 is 5.58. The zero-order valence-corrected chi connectivity index (χ0v) is 13.4. The minimum atomic E-state index is -0.374. The molecule has 1 aromatic rings. The normalized spacial score (nSPS) is 13.9. The molecule has 1 aliphatic rings. The summed E-state index contributed by atoms with van der Waals surface area (Å²) in [7, 11) is 0. The largest absolute Gasteiger partial charge is 0.465 e. The van der Waals surface area contributed by atoms with Crippen molar-refractivity contribution < 1.29 is 14.3 Å². The van der Waals surface area contributed by atoms with Crippen LogP contribution in [0.3, 0.4) is 0 Å². The molecule has 1 aliphatic carbocycles. The van der Waals surface area contributed by atoms with E-state index < -0.39 is 0 Å². The van der Waals surface area contributed by atoms with Gasteiger partial charge in [-0.05, 0) is 53.9 Å². The topological polar surface area (TPSA) is 46.6 Å². The number of halogens is 2. The molecular weight excluding hydrogens is 346 g/mol. The molecule has 0 aliphatic heterocycles. The van der Waals surface area contributed by atoms with Crippen molar-refractivity contribution in [3.63, 3.8) is 0 Å². The molecule has 6 heteroatoms. The Morgan fingerprint density at radius 2 is 2.15 bits per heavy atom. The van der Waals surface area contributed by atoms with E-state index >= 15 is 0 Å². The third-order valence-electron chi connectivity index (χ3n) is 3.02. The molecule has 0 unspecified atom stereocenters. The van der Waals surface area contributed by atoms with Crippen LogP contribution >= 0.6 is 27.5 Å². The zero-order chi connectivity index (χ0) is 14.7. The SMILES string of the molecule is CCOC(=O)CN(C(=O)c1ccc(Cl)c(Br)c1)C1CC1. The van der Waals surface area contributed by atoms with Gasteiger partial charge in [-0.15, -0.1) is 0 Å². The van der Waals surface area contributed by atoms with E-state index in [1.54, 1.807) is 30.0 Å². The van der Waals surface area contributed by atoms with E-state index in [0.29, 0.717) is 21.7 Å². The number of benzene rings is 1. The Balaban J connectivity index is 2.14. The van der Waals surface area contributed by atoms with E-state index in [2.05, 4.69) is 15.9 Å². The van der Waals surface area contributed by atoms with Crippen LogP contribution < -0.4 is 0 Å². The van der Waals surface area contributed by atoms with Gasteiger partial charge in [0.15, 0.2) is 0 Å². The van der Waals surface area contributed by atoms with E-state index in [9.17, 15) is 9.59 Å². The van der Waals surface area contributed by atoms with Crippen molar-refractivity contribution in [3.8, 4) is 0 Å². The van der Waals surface area contributed by atoms with Gasteiger partial charge in [0, 0.05) is 16.1 Å². The van der Waals surface area contributed by atoms with Crippen molar-refractivity contribution in [2.75, 3.05) is 13.2 Å². The van der Waals surface area contributed by atoms with Crippen LogP contribution in [0.2, 0.25) is 5.02 Å². The van der Waals surface area contributed by atoms with Crippen molar-refractivity contribution in [3.05, 3.63) is 33.3 Å². The van der Waals surface area contributed by atoms with Crippen LogP contribution in [-0.2, 0) is 9.53 Å². The van der Waals surface area contributed by atoms with Gasteiger partial charge in [0.2, 0.25) is 0 Å². The predicted octanol–water partition coefficient (Wildman–Crippen LogP) is 3.27. The van der Waals surface area contributed by atoms with Crippen LogP contribution in [-0.4, -0.2) is 36.0 Å². The third kappa shape index (κ3) is 3.73. The van der Waals surface area contributed by atoms with Crippen molar-refractivity contribution in [1.82, 2.24) is 4.90 Å². The van der Waals surface area contributed by atoms with E-state index in [1.165, 1.54) is 0 Å². The highest BCUT2D eigenvalue weighted by Gasteiger charge is 2.34. The molecule has 20 heavy (non-hydrogen) atoms. The van der Waals surface area contributed by atoms with Crippen LogP contribution in [0.5, 0.6) is 0 Å². The summed E-state index contributed by atoms with van der Waals surface area (Å²) in [6.07, 6.45) is 1.86. The third-order valence-corrected chi connectivity index (χ3v) is 4.23. The fourth-order valence-corrected chi connectivity index (χ4v) is 2.39. The van der Waals surface area contributed by atoms with Gasteiger partial charge >= 0.3 is 5.97 Å². The van der Waals surface area contributed by atoms with E-state index in [-0.39, 0.29) is 24.5 Å². The maximum atomic E-state index is 12.5. The summed E-state index contributed by atoms with van der Waals surface area (Å²) in [5.74, 6) is -0.543. The molecule has 0 radical (unpaired) electrons. The second-order valence-corrected chi connectivity index (χ2v) is 5.86. The molecule has 1 amide bonds. The van der Waals surface area contributed by atoms with Crippen molar-refractivity contribution in [1.29, 1.82) is 0 Å². The first-order valence-corrected chi connectivity index (χ1v) is 7.61. The maximum Gasteiger partial charge on any atom is 0.325 e. The number of esters is 1. The zero-order valence-electron chi connectivity index (χ0n) is 11.1. The Bertz CT molecular complexity index is 531. The Morgan fingerprint density at radius 3 is 2.70 bits per heavy atom. The highest BCUT2D eigenvalue weighted by atomic mass is 79.9. The molecule has 1 aromatic carbocycles. The number of rotatable bonds is 5. The molecule has 0 atom stereocenters. The Labute approximate surface area is 131 Å². The molecule has 0 saturated heterocycles. The molecule has 0 aromatic heterocycles. The molecule has 0 N–H and O–H groups in total. The lowest BCUT2D eigenvalue weighted by Crippen LogP contribution is -2.38. The minimum absolute atomic E-state index is 0.00240. The molecule has 0 bridgehead atoms. The Morgan fingerprint density at radius 1 is 1.45 bits per heavy atom. The summed E-state index contributed by atoms with van der Waals surface area (Å²) >= 11 is 9.22. The summed E-state index contributed by atoms with van der Waals surface area (Å²) in [5, 5.41) is 0.546. The van der Waals surface area contributed by atoms with Crippen molar-refractivity contribution in [2.45, 2.75) is 25.8 Å². The Hall–Kier alpha value is -1.07. The van der Waals surface area contributed by atoms with Crippen molar-refractivity contribution in [2.24, 2.45) is 0 Å². The summed E-state index contributed by atoms with van der Waals surface area (Å²) in [5.41, 5.74) is 0.512. The second kappa shape index (κ2) is 6.59. The molecule has 108 valence electrons. The van der Waals surface area contributed by atoms with E-state index in [0.717, 1.165) is 12.8 Å². The van der Waals surface area contributed by atoms with Gasteiger partial charge in [0.1, 0.15) is 6.54 Å². The lowest BCUT2D eigenvalue weighted by atomic mass is 10.2. The van der Waals surface area contributed by atoms with Crippen molar-refractivity contribution >= 4 is 39.4 Å². The standard InChI is InChI=1S/C14H15BrClNO3/c1-2-20-13(18)8-17(10-4-5-10)14(19)9-3-6-12(16)11(15)7-9/h3,6-7,10H,2,4-5,8H2,1H3. The van der Waals surface area contributed by atoms with Gasteiger partial charge in [0.25, 0.3) is 5.91 Å². The maximum absolute atomic E-state index is 12.5. The van der Waals surface area contributed by atoms with Crippen LogP contribution in [0.25, 0.3) is 0 Å². The molecule has 0 heterocycles. The second-order valence-electron chi connectivity index (χ2n) is 4.60. The van der Waals surface area contributed by atoms with E-state index in [1.807, 2.05) is 0 Å². The minimum Gasteiger partial charge on any atom is -0.465 e. The molecule has 0 spiro atoms. The fourth-order valence-electron chi connectivity index (χ4n) is 1.89. The lowest BCUT2D eigenvalue weighted by molar-refractivity contribution is -0.144. The first-order valence-electron chi connectivity index (χ1n) is 6.44. The summed E-state index contributed by atoms with van der Waals surface area (Å²) in [6, 6.07) is 5.14. The van der Waals surface area contributed by atoms with Gasteiger partial charge < -0.3 is 9.64 Å². The van der Waals surface area contributed by atoms with Crippen LogP contribution in [0.4, 0.5) is 0 Å². The van der Waals surface area contributed by atoms with Crippen LogP contribution in [0.1, 0.15) is 30.1 Å². The molecule has 2 rings (SSSR count). The number of carbonyl (C=O) groups is 2. The highest BCUT2D eigenvalue weighted by Crippen LogP contribution is 2.30. The smallest absolute Gasteiger partial charge is 0.325 e. The summed E-state index contributed by atoms with van der Waals surface area (Å²) in [4.78, 5) is 25.7. The predicted molar refractivity (Wildman–Crippen MR) is 79.8 cm³/mol. The molecular formula is C14H15BrClNO3. The molecule has 1 fully saturated rings. The number of ether oxygens (including phenoxy) is 1. The number of carbonyl (C=O) groups excluding carboxylic acids is 2. The number of amides is 1. The number of nitrogens with zero attached hydrogens (tertiary/aromatic N) is 1. The molecule has 1 saturated carbocycles. The average molecular weight is 361 g/mol. The van der Waals surface area contributed by atoms with Gasteiger partial charge in [-0.25, -0.2) is 0 Å². The van der Waals surface area contributed by atoms with Crippen LogP contribution in [0, 0.1) is 0 Å². The Kier molecular flexibility index (Phi) is 5.05. The highest BCUT2D eigenvalue weighted by molar-refractivity contribution is 9.10. The van der Waals surface area contributed by atoms with Gasteiger partial charge in [0.05, 0.1) is 11.6 Å². The molecule has 4 nitrogen and oxygen atoms in total. The van der Waals surface area contributed by atoms with Crippen LogP contribution in [0.15, 0.2) is 22.7 Å². The summed E-state index contributed by atoms with van der Waals surface area (Å²) in [6.45, 7) is 2.06. The van der Waals surface area contributed by atoms with Gasteiger partial charge in [-0.1, -0.05) is 11.6 Å². The first-order chi connectivity index (χ1) is 9.52. The fraction of sp³-hybridized carbons (Fsp3) is 0.429.